The molecule has 0 spiro atoms. The number of nitrogens with zero attached hydrogens (tertiary/aromatic N) is 3. The van der Waals surface area contributed by atoms with Crippen molar-refractivity contribution in [2.45, 2.75) is 25.6 Å². The monoisotopic (exact) mass is 478 g/mol. The van der Waals surface area contributed by atoms with Crippen LogP contribution in [0.1, 0.15) is 17.0 Å². The summed E-state index contributed by atoms with van der Waals surface area (Å²) in [7, 11) is 0. The van der Waals surface area contributed by atoms with Gasteiger partial charge in [0.1, 0.15) is 12.4 Å². The normalized spacial score (nSPS) is 10.8. The fraction of sp³-hybridized carbons (Fsp3) is 0.160. The number of hydrogen-bond donors (Lipinski definition) is 1. The Balaban J connectivity index is 1.49. The highest BCUT2D eigenvalue weighted by atomic mass is 35.5. The van der Waals surface area contributed by atoms with Crippen molar-refractivity contribution < 1.29 is 9.53 Å². The van der Waals surface area contributed by atoms with E-state index >= 15 is 0 Å². The Morgan fingerprint density at radius 1 is 1.03 bits per heavy atom. The Hall–Kier alpha value is -3.29. The lowest BCUT2D eigenvalue weighted by Gasteiger charge is -2.12. The van der Waals surface area contributed by atoms with Gasteiger partial charge in [-0.25, -0.2) is 0 Å². The molecular formula is C25H23ClN4O2S. The van der Waals surface area contributed by atoms with Gasteiger partial charge < -0.3 is 10.1 Å². The van der Waals surface area contributed by atoms with E-state index in [1.807, 2.05) is 79.1 Å². The smallest absolute Gasteiger partial charge is 0.234 e. The molecule has 0 bridgehead atoms. The number of thioether (sulfide) groups is 1. The van der Waals surface area contributed by atoms with Crippen LogP contribution in [-0.2, 0) is 11.4 Å². The van der Waals surface area contributed by atoms with Crippen LogP contribution in [0.2, 0.25) is 5.02 Å². The summed E-state index contributed by atoms with van der Waals surface area (Å²) in [6.07, 6.45) is 0. The molecule has 1 heterocycles. The molecule has 4 rings (SSSR count). The van der Waals surface area contributed by atoms with Gasteiger partial charge in [-0.3, -0.25) is 9.36 Å². The molecule has 6 nitrogen and oxygen atoms in total. The van der Waals surface area contributed by atoms with Crippen LogP contribution in [0.15, 0.2) is 78.0 Å². The van der Waals surface area contributed by atoms with E-state index in [0.29, 0.717) is 21.7 Å². The van der Waals surface area contributed by atoms with Gasteiger partial charge >= 0.3 is 0 Å². The van der Waals surface area contributed by atoms with Crippen LogP contribution in [0.25, 0.3) is 5.69 Å². The van der Waals surface area contributed by atoms with E-state index in [1.165, 1.54) is 17.3 Å². The van der Waals surface area contributed by atoms with E-state index in [-0.39, 0.29) is 18.3 Å². The Morgan fingerprint density at radius 2 is 1.79 bits per heavy atom. The number of hydrogen-bond acceptors (Lipinski definition) is 5. The molecule has 3 aromatic carbocycles. The van der Waals surface area contributed by atoms with E-state index in [0.717, 1.165) is 17.0 Å². The summed E-state index contributed by atoms with van der Waals surface area (Å²) >= 11 is 7.37. The van der Waals surface area contributed by atoms with Crippen molar-refractivity contribution in [3.8, 4) is 11.4 Å². The number of rotatable bonds is 8. The number of aromatic nitrogens is 3. The minimum absolute atomic E-state index is 0.148. The molecular weight excluding hydrogens is 456 g/mol. The first-order chi connectivity index (χ1) is 16.0. The number of anilines is 1. The highest BCUT2D eigenvalue weighted by Crippen LogP contribution is 2.25. The van der Waals surface area contributed by atoms with Crippen molar-refractivity contribution >= 4 is 35.0 Å². The fourth-order valence-corrected chi connectivity index (χ4v) is 4.09. The van der Waals surface area contributed by atoms with Crippen LogP contribution in [0.3, 0.4) is 0 Å². The van der Waals surface area contributed by atoms with Crippen molar-refractivity contribution in [1.29, 1.82) is 0 Å². The maximum atomic E-state index is 12.6. The number of carbonyl (C=O) groups excluding carboxylic acids is 1. The molecule has 0 radical (unpaired) electrons. The van der Waals surface area contributed by atoms with Crippen LogP contribution < -0.4 is 10.1 Å². The van der Waals surface area contributed by atoms with Gasteiger partial charge in [0.05, 0.1) is 5.75 Å². The molecule has 0 aliphatic rings. The van der Waals surface area contributed by atoms with Gasteiger partial charge in [0.2, 0.25) is 5.91 Å². The number of benzene rings is 3. The molecule has 168 valence electrons. The van der Waals surface area contributed by atoms with Gasteiger partial charge in [-0.1, -0.05) is 65.3 Å². The van der Waals surface area contributed by atoms with Gasteiger partial charge in [0.15, 0.2) is 11.0 Å². The average molecular weight is 479 g/mol. The Morgan fingerprint density at radius 3 is 2.55 bits per heavy atom. The summed E-state index contributed by atoms with van der Waals surface area (Å²) in [6, 6.07) is 23.0. The predicted octanol–water partition coefficient (Wildman–Crippen LogP) is 5.85. The van der Waals surface area contributed by atoms with Crippen molar-refractivity contribution in [1.82, 2.24) is 14.8 Å². The third-order valence-corrected chi connectivity index (χ3v) is 6.07. The van der Waals surface area contributed by atoms with E-state index in [4.69, 9.17) is 16.3 Å². The molecule has 0 saturated carbocycles. The zero-order valence-corrected chi connectivity index (χ0v) is 19.9. The molecule has 0 aliphatic carbocycles. The Kier molecular flexibility index (Phi) is 7.32. The van der Waals surface area contributed by atoms with Gasteiger partial charge in [0, 0.05) is 16.4 Å². The van der Waals surface area contributed by atoms with Crippen molar-refractivity contribution in [2.75, 3.05) is 11.1 Å². The lowest BCUT2D eigenvalue weighted by Crippen LogP contribution is -2.15. The van der Waals surface area contributed by atoms with Crippen molar-refractivity contribution in [3.05, 3.63) is 94.8 Å². The molecule has 4 aromatic rings. The van der Waals surface area contributed by atoms with Crippen LogP contribution in [0.4, 0.5) is 5.69 Å². The summed E-state index contributed by atoms with van der Waals surface area (Å²) < 4.78 is 7.84. The molecule has 33 heavy (non-hydrogen) atoms. The second kappa shape index (κ2) is 10.6. The molecule has 0 unspecified atom stereocenters. The van der Waals surface area contributed by atoms with E-state index in [1.54, 1.807) is 12.1 Å². The summed E-state index contributed by atoms with van der Waals surface area (Å²) in [5, 5.41) is 12.8. The summed E-state index contributed by atoms with van der Waals surface area (Å²) in [6.45, 7) is 4.20. The number of carbonyl (C=O) groups is 1. The first kappa shape index (κ1) is 22.9. The van der Waals surface area contributed by atoms with Gasteiger partial charge in [-0.05, 0) is 55.8 Å². The molecule has 8 heteroatoms. The van der Waals surface area contributed by atoms with Crippen molar-refractivity contribution in [2.24, 2.45) is 0 Å². The molecule has 0 atom stereocenters. The predicted molar refractivity (Wildman–Crippen MR) is 132 cm³/mol. The van der Waals surface area contributed by atoms with E-state index in [9.17, 15) is 4.79 Å². The third-order valence-electron chi connectivity index (χ3n) is 4.91. The summed E-state index contributed by atoms with van der Waals surface area (Å²) in [4.78, 5) is 12.6. The Bertz CT molecular complexity index is 1240. The lowest BCUT2D eigenvalue weighted by atomic mass is 10.2. The van der Waals surface area contributed by atoms with Crippen LogP contribution in [0.5, 0.6) is 5.75 Å². The Labute approximate surface area is 202 Å². The first-order valence-electron chi connectivity index (χ1n) is 10.4. The second-order valence-electron chi connectivity index (χ2n) is 7.47. The number of ether oxygens (including phenoxy) is 1. The average Bonchev–Trinajstić information content (AvgIpc) is 3.23. The molecule has 1 N–H and O–H groups in total. The quantitative estimate of drug-likeness (QED) is 0.322. The molecule has 0 saturated heterocycles. The third kappa shape index (κ3) is 5.94. The van der Waals surface area contributed by atoms with Gasteiger partial charge in [-0.15, -0.1) is 10.2 Å². The zero-order valence-electron chi connectivity index (χ0n) is 18.3. The second-order valence-corrected chi connectivity index (χ2v) is 8.85. The van der Waals surface area contributed by atoms with E-state index < -0.39 is 0 Å². The number of amides is 1. The van der Waals surface area contributed by atoms with Crippen LogP contribution >= 0.6 is 23.4 Å². The first-order valence-corrected chi connectivity index (χ1v) is 11.7. The van der Waals surface area contributed by atoms with Crippen molar-refractivity contribution in [3.63, 3.8) is 0 Å². The molecule has 0 fully saturated rings. The SMILES string of the molecule is Cc1ccc(OCc2nnc(SCC(=O)Nc3cc(Cl)ccc3C)n2-c2ccccc2)cc1. The number of para-hydroxylation sites is 1. The number of aryl methyl sites for hydroxylation is 2. The van der Waals surface area contributed by atoms with Crippen LogP contribution in [-0.4, -0.2) is 26.4 Å². The fourth-order valence-electron chi connectivity index (χ4n) is 3.15. The zero-order chi connectivity index (χ0) is 23.2. The number of halogens is 1. The van der Waals surface area contributed by atoms with E-state index in [2.05, 4.69) is 15.5 Å². The minimum Gasteiger partial charge on any atom is -0.486 e. The van der Waals surface area contributed by atoms with Gasteiger partial charge in [-0.2, -0.15) is 0 Å². The largest absolute Gasteiger partial charge is 0.486 e. The maximum absolute atomic E-state index is 12.6. The lowest BCUT2D eigenvalue weighted by molar-refractivity contribution is -0.113. The maximum Gasteiger partial charge on any atom is 0.234 e. The summed E-state index contributed by atoms with van der Waals surface area (Å²) in [5.41, 5.74) is 3.71. The molecule has 1 aromatic heterocycles. The minimum atomic E-state index is -0.148. The highest BCUT2D eigenvalue weighted by molar-refractivity contribution is 7.99. The summed E-state index contributed by atoms with van der Waals surface area (Å²) in [5.74, 6) is 1.44. The number of nitrogens with one attached hydrogen (secondary N) is 1. The highest BCUT2D eigenvalue weighted by Gasteiger charge is 2.17. The topological polar surface area (TPSA) is 69.0 Å². The van der Waals surface area contributed by atoms with Crippen LogP contribution in [0, 0.1) is 13.8 Å². The standard InChI is InChI=1S/C25H23ClN4O2S/c1-17-8-12-21(13-9-17)32-15-23-28-29-25(30(23)20-6-4-3-5-7-20)33-16-24(31)27-22-14-19(26)11-10-18(22)2/h3-14H,15-16H2,1-2H3,(H,27,31). The van der Waals surface area contributed by atoms with Gasteiger partial charge in [0.25, 0.3) is 0 Å². The molecule has 0 aliphatic heterocycles. The molecule has 1 amide bonds.